The van der Waals surface area contributed by atoms with E-state index >= 15 is 0 Å². The van der Waals surface area contributed by atoms with Crippen molar-refractivity contribution in [2.45, 2.75) is 46.5 Å². The minimum atomic E-state index is 0.345. The second kappa shape index (κ2) is 10.7. The summed E-state index contributed by atoms with van der Waals surface area (Å²) in [6.07, 6.45) is 2.20. The molecule has 3 N–H and O–H groups in total. The van der Waals surface area contributed by atoms with Gasteiger partial charge < -0.3 is 15.6 Å². The van der Waals surface area contributed by atoms with E-state index in [1.807, 2.05) is 26.0 Å². The molecular weight excluding hydrogens is 298 g/mol. The van der Waals surface area contributed by atoms with Crippen molar-refractivity contribution in [2.24, 2.45) is 5.73 Å². The topological polar surface area (TPSA) is 55.5 Å². The van der Waals surface area contributed by atoms with Crippen LogP contribution in [-0.4, -0.2) is 18.3 Å². The highest BCUT2D eigenvalue weighted by Crippen LogP contribution is 2.32. The first kappa shape index (κ1) is 20.0. The quantitative estimate of drug-likeness (QED) is 0.800. The second-order valence-electron chi connectivity index (χ2n) is 6.14. The molecule has 132 valence electrons. The zero-order chi connectivity index (χ0) is 17.9. The summed E-state index contributed by atoms with van der Waals surface area (Å²) >= 11 is 0. The van der Waals surface area contributed by atoms with Gasteiger partial charge in [-0.2, -0.15) is 0 Å². The third kappa shape index (κ3) is 6.63. The molecule has 3 nitrogen and oxygen atoms in total. The maximum atomic E-state index is 9.59. The van der Waals surface area contributed by atoms with Gasteiger partial charge in [-0.05, 0) is 62.4 Å². The molecule has 0 aliphatic heterocycles. The smallest absolute Gasteiger partial charge is 0.123 e. The van der Waals surface area contributed by atoms with Crippen LogP contribution in [0.2, 0.25) is 0 Å². The van der Waals surface area contributed by atoms with Crippen LogP contribution in [0.1, 0.15) is 49.8 Å². The number of rotatable bonds is 6. The van der Waals surface area contributed by atoms with E-state index in [2.05, 4.69) is 38.1 Å². The van der Waals surface area contributed by atoms with Crippen LogP contribution in [0.15, 0.2) is 42.5 Å². The predicted molar refractivity (Wildman–Crippen MR) is 102 cm³/mol. The van der Waals surface area contributed by atoms with Crippen LogP contribution in [0, 0.1) is 6.92 Å². The molecule has 0 saturated heterocycles. The number of aryl methyl sites for hydroxylation is 2. The van der Waals surface area contributed by atoms with Crippen LogP contribution in [0.4, 0.5) is 0 Å². The van der Waals surface area contributed by atoms with Crippen molar-refractivity contribution in [1.29, 1.82) is 0 Å². The minimum Gasteiger partial charge on any atom is -0.508 e. The zero-order valence-electron chi connectivity index (χ0n) is 15.4. The first-order valence-electron chi connectivity index (χ1n) is 8.69. The van der Waals surface area contributed by atoms with Crippen molar-refractivity contribution in [1.82, 2.24) is 0 Å². The van der Waals surface area contributed by atoms with Crippen LogP contribution in [0.25, 0.3) is 0 Å². The number of ether oxygens (including phenoxy) is 1. The Labute approximate surface area is 146 Å². The number of nitrogens with two attached hydrogens (primary N) is 1. The molecule has 0 fully saturated rings. The molecule has 0 spiro atoms. The fourth-order valence-electron chi connectivity index (χ4n) is 2.37. The normalized spacial score (nSPS) is 10.2. The molecule has 0 aliphatic carbocycles. The van der Waals surface area contributed by atoms with Crippen LogP contribution >= 0.6 is 0 Å². The van der Waals surface area contributed by atoms with E-state index in [1.165, 1.54) is 5.56 Å². The first-order chi connectivity index (χ1) is 11.5. The number of phenols is 1. The van der Waals surface area contributed by atoms with E-state index in [9.17, 15) is 5.11 Å². The molecule has 0 aromatic heterocycles. The number of aromatic hydroxyl groups is 1. The average molecular weight is 329 g/mol. The third-order valence-electron chi connectivity index (χ3n) is 3.76. The summed E-state index contributed by atoms with van der Waals surface area (Å²) in [5.74, 6) is 1.60. The van der Waals surface area contributed by atoms with E-state index in [0.29, 0.717) is 18.3 Å². The molecule has 2 aromatic rings. The summed E-state index contributed by atoms with van der Waals surface area (Å²) in [6, 6.07) is 14.1. The second-order valence-corrected chi connectivity index (χ2v) is 6.14. The van der Waals surface area contributed by atoms with E-state index in [4.69, 9.17) is 10.5 Å². The third-order valence-corrected chi connectivity index (χ3v) is 3.76. The van der Waals surface area contributed by atoms with Gasteiger partial charge in [-0.3, -0.25) is 0 Å². The number of hydrogen-bond donors (Lipinski definition) is 2. The summed E-state index contributed by atoms with van der Waals surface area (Å²) in [6.45, 7) is 9.46. The molecule has 0 aliphatic rings. The monoisotopic (exact) mass is 329 g/mol. The van der Waals surface area contributed by atoms with E-state index < -0.39 is 0 Å². The number of benzene rings is 2. The summed E-state index contributed by atoms with van der Waals surface area (Å²) in [7, 11) is 0. The van der Waals surface area contributed by atoms with Crippen molar-refractivity contribution in [3.63, 3.8) is 0 Å². The SMILES string of the molecule is CCOc1cc(C)c(O)cc1C(C)C.NCCCc1ccccc1. The zero-order valence-corrected chi connectivity index (χ0v) is 15.4. The molecule has 0 saturated carbocycles. The van der Waals surface area contributed by atoms with Gasteiger partial charge in [0, 0.05) is 5.56 Å². The average Bonchev–Trinajstić information content (AvgIpc) is 2.57. The fourth-order valence-corrected chi connectivity index (χ4v) is 2.37. The highest BCUT2D eigenvalue weighted by molar-refractivity contribution is 5.46. The van der Waals surface area contributed by atoms with Crippen molar-refractivity contribution >= 4 is 0 Å². The van der Waals surface area contributed by atoms with Crippen molar-refractivity contribution < 1.29 is 9.84 Å². The molecule has 0 bridgehead atoms. The molecule has 0 amide bonds. The Morgan fingerprint density at radius 3 is 2.33 bits per heavy atom. The van der Waals surface area contributed by atoms with E-state index in [0.717, 1.165) is 36.3 Å². The molecule has 0 unspecified atom stereocenters. The Kier molecular flexibility index (Phi) is 8.95. The Morgan fingerprint density at radius 1 is 1.12 bits per heavy atom. The van der Waals surface area contributed by atoms with Gasteiger partial charge in [-0.1, -0.05) is 44.2 Å². The summed E-state index contributed by atoms with van der Waals surface area (Å²) < 4.78 is 5.52. The lowest BCUT2D eigenvalue weighted by molar-refractivity contribution is 0.334. The largest absolute Gasteiger partial charge is 0.508 e. The summed E-state index contributed by atoms with van der Waals surface area (Å²) in [5, 5.41) is 9.59. The van der Waals surface area contributed by atoms with Crippen molar-refractivity contribution in [3.8, 4) is 11.5 Å². The van der Waals surface area contributed by atoms with E-state index in [-0.39, 0.29) is 0 Å². The summed E-state index contributed by atoms with van der Waals surface area (Å²) in [5.41, 5.74) is 8.68. The van der Waals surface area contributed by atoms with Crippen LogP contribution in [0.3, 0.4) is 0 Å². The van der Waals surface area contributed by atoms with Gasteiger partial charge in [0.15, 0.2) is 0 Å². The van der Waals surface area contributed by atoms with Gasteiger partial charge in [0.25, 0.3) is 0 Å². The molecule has 2 rings (SSSR count). The maximum Gasteiger partial charge on any atom is 0.123 e. The van der Waals surface area contributed by atoms with Crippen LogP contribution in [0.5, 0.6) is 11.5 Å². The highest BCUT2D eigenvalue weighted by Gasteiger charge is 2.10. The summed E-state index contributed by atoms with van der Waals surface area (Å²) in [4.78, 5) is 0. The molecule has 2 aromatic carbocycles. The maximum absolute atomic E-state index is 9.59. The van der Waals surface area contributed by atoms with Gasteiger partial charge in [-0.15, -0.1) is 0 Å². The van der Waals surface area contributed by atoms with Gasteiger partial charge in [0.1, 0.15) is 11.5 Å². The lowest BCUT2D eigenvalue weighted by atomic mass is 10.00. The molecule has 0 atom stereocenters. The molecule has 3 heteroatoms. The lowest BCUT2D eigenvalue weighted by Crippen LogP contribution is -1.99. The Bertz CT molecular complexity index is 594. The van der Waals surface area contributed by atoms with Gasteiger partial charge in [-0.25, -0.2) is 0 Å². The van der Waals surface area contributed by atoms with Gasteiger partial charge in [0.05, 0.1) is 6.61 Å². The predicted octanol–water partition coefficient (Wildman–Crippen LogP) is 4.80. The molecule has 24 heavy (non-hydrogen) atoms. The number of phenolic OH excluding ortho intramolecular Hbond substituents is 1. The Balaban J connectivity index is 0.000000254. The number of hydrogen-bond acceptors (Lipinski definition) is 3. The van der Waals surface area contributed by atoms with Crippen LogP contribution in [-0.2, 0) is 6.42 Å². The first-order valence-corrected chi connectivity index (χ1v) is 8.69. The Hall–Kier alpha value is -2.00. The standard InChI is InChI=1S/C12H18O2.C9H13N/c1-5-14-12-6-9(4)11(13)7-10(12)8(2)3;10-8-4-7-9-5-2-1-3-6-9/h6-8,13H,5H2,1-4H3;1-3,5-6H,4,7-8,10H2. The molecule has 0 radical (unpaired) electrons. The van der Waals surface area contributed by atoms with Crippen LogP contribution < -0.4 is 10.5 Å². The lowest BCUT2D eigenvalue weighted by Gasteiger charge is -2.14. The van der Waals surface area contributed by atoms with Crippen molar-refractivity contribution in [3.05, 3.63) is 59.2 Å². The Morgan fingerprint density at radius 2 is 1.79 bits per heavy atom. The minimum absolute atomic E-state index is 0.345. The van der Waals surface area contributed by atoms with Gasteiger partial charge in [0.2, 0.25) is 0 Å². The van der Waals surface area contributed by atoms with E-state index in [1.54, 1.807) is 6.07 Å². The molecular formula is C21H31NO2. The fraction of sp³-hybridized carbons (Fsp3) is 0.429. The molecule has 0 heterocycles. The highest BCUT2D eigenvalue weighted by atomic mass is 16.5. The van der Waals surface area contributed by atoms with Crippen molar-refractivity contribution in [2.75, 3.05) is 13.2 Å². The van der Waals surface area contributed by atoms with Gasteiger partial charge >= 0.3 is 0 Å².